The summed E-state index contributed by atoms with van der Waals surface area (Å²) in [6, 6.07) is 8.48. The van der Waals surface area contributed by atoms with Crippen molar-refractivity contribution in [1.29, 1.82) is 0 Å². The minimum absolute atomic E-state index is 0.0476. The zero-order valence-corrected chi connectivity index (χ0v) is 17.4. The summed E-state index contributed by atoms with van der Waals surface area (Å²) < 4.78 is 38.4. The monoisotopic (exact) mass is 419 g/mol. The van der Waals surface area contributed by atoms with Gasteiger partial charge < -0.3 is 9.47 Å². The summed E-state index contributed by atoms with van der Waals surface area (Å²) in [6.45, 7) is 2.17. The molecule has 0 fully saturated rings. The third kappa shape index (κ3) is 4.49. The Bertz CT molecular complexity index is 1050. The maximum atomic E-state index is 12.7. The Morgan fingerprint density at radius 1 is 1.18 bits per heavy atom. The Hall–Kier alpha value is -2.49. The highest BCUT2D eigenvalue weighted by atomic mass is 32.2. The van der Waals surface area contributed by atoms with Crippen LogP contribution in [0.1, 0.15) is 10.6 Å². The van der Waals surface area contributed by atoms with Crippen LogP contribution in [-0.2, 0) is 16.4 Å². The number of methoxy groups -OCH3 is 2. The Morgan fingerprint density at radius 2 is 2.00 bits per heavy atom. The van der Waals surface area contributed by atoms with E-state index in [0.29, 0.717) is 12.2 Å². The normalized spacial score (nSPS) is 11.4. The summed E-state index contributed by atoms with van der Waals surface area (Å²) in [6.07, 6.45) is 4.02. The van der Waals surface area contributed by atoms with E-state index < -0.39 is 10.0 Å². The first-order chi connectivity index (χ1) is 13.4. The molecule has 2 heterocycles. The first-order valence-corrected chi connectivity index (χ1v) is 10.8. The average Bonchev–Trinajstić information content (AvgIpc) is 3.08. The quantitative estimate of drug-likeness (QED) is 0.604. The summed E-state index contributed by atoms with van der Waals surface area (Å²) in [5.41, 5.74) is 1.84. The molecule has 0 aliphatic heterocycles. The number of sulfonamides is 1. The number of hydrogen-bond donors (Lipinski definition) is 1. The molecule has 0 bridgehead atoms. The third-order valence-corrected chi connectivity index (χ3v) is 6.85. The summed E-state index contributed by atoms with van der Waals surface area (Å²) >= 11 is 1.54. The van der Waals surface area contributed by atoms with Crippen LogP contribution in [0.2, 0.25) is 0 Å². The van der Waals surface area contributed by atoms with Gasteiger partial charge in [0.25, 0.3) is 0 Å². The van der Waals surface area contributed by atoms with Crippen LogP contribution in [0, 0.1) is 6.92 Å². The van der Waals surface area contributed by atoms with Crippen LogP contribution in [0.25, 0.3) is 10.6 Å². The number of pyridine rings is 1. The Kier molecular flexibility index (Phi) is 6.28. The molecular weight excluding hydrogens is 398 g/mol. The lowest BCUT2D eigenvalue weighted by Crippen LogP contribution is -2.26. The third-order valence-electron chi connectivity index (χ3n) is 4.11. The van der Waals surface area contributed by atoms with E-state index in [1.54, 1.807) is 35.9 Å². The van der Waals surface area contributed by atoms with Crippen molar-refractivity contribution in [2.45, 2.75) is 18.2 Å². The van der Waals surface area contributed by atoms with Gasteiger partial charge in [0, 0.05) is 35.4 Å². The SMILES string of the molecule is COc1ccc(OC)c(S(=O)(=O)NCCc2sc(-c3cccnc3)nc2C)c1. The lowest BCUT2D eigenvalue weighted by Gasteiger charge is -2.12. The number of thiazole rings is 1. The van der Waals surface area contributed by atoms with Gasteiger partial charge in [-0.15, -0.1) is 11.3 Å². The van der Waals surface area contributed by atoms with Gasteiger partial charge in [-0.3, -0.25) is 4.98 Å². The van der Waals surface area contributed by atoms with Gasteiger partial charge in [-0.05, 0) is 37.6 Å². The molecule has 0 atom stereocenters. The van der Waals surface area contributed by atoms with E-state index >= 15 is 0 Å². The minimum Gasteiger partial charge on any atom is -0.497 e. The molecule has 3 rings (SSSR count). The molecule has 1 N–H and O–H groups in total. The van der Waals surface area contributed by atoms with Crippen molar-refractivity contribution in [2.24, 2.45) is 0 Å². The molecule has 28 heavy (non-hydrogen) atoms. The Morgan fingerprint density at radius 3 is 2.68 bits per heavy atom. The fourth-order valence-corrected chi connectivity index (χ4v) is 4.91. The van der Waals surface area contributed by atoms with Gasteiger partial charge in [0.05, 0.1) is 19.9 Å². The number of nitrogens with one attached hydrogen (secondary N) is 1. The van der Waals surface area contributed by atoms with Crippen LogP contribution < -0.4 is 14.2 Å². The van der Waals surface area contributed by atoms with Gasteiger partial charge in [0.15, 0.2) is 0 Å². The van der Waals surface area contributed by atoms with Crippen molar-refractivity contribution in [3.8, 4) is 22.1 Å². The summed E-state index contributed by atoms with van der Waals surface area (Å²) in [5.74, 6) is 0.710. The highest BCUT2D eigenvalue weighted by Gasteiger charge is 2.20. The Balaban J connectivity index is 1.72. The lowest BCUT2D eigenvalue weighted by molar-refractivity contribution is 0.392. The molecule has 0 aliphatic rings. The molecule has 3 aromatic rings. The molecule has 0 unspecified atom stereocenters. The minimum atomic E-state index is -3.74. The van der Waals surface area contributed by atoms with Crippen LogP contribution in [0.15, 0.2) is 47.6 Å². The van der Waals surface area contributed by atoms with Crippen LogP contribution in [-0.4, -0.2) is 39.2 Å². The molecule has 0 spiro atoms. The number of aromatic nitrogens is 2. The number of rotatable bonds is 8. The lowest BCUT2D eigenvalue weighted by atomic mass is 10.3. The van der Waals surface area contributed by atoms with E-state index in [-0.39, 0.29) is 17.2 Å². The fraction of sp³-hybridized carbons (Fsp3) is 0.263. The molecule has 9 heteroatoms. The predicted molar refractivity (Wildman–Crippen MR) is 109 cm³/mol. The number of ether oxygens (including phenoxy) is 2. The molecule has 1 aromatic carbocycles. The number of nitrogens with zero attached hydrogens (tertiary/aromatic N) is 2. The highest BCUT2D eigenvalue weighted by Crippen LogP contribution is 2.29. The average molecular weight is 420 g/mol. The molecule has 2 aromatic heterocycles. The summed E-state index contributed by atoms with van der Waals surface area (Å²) in [7, 11) is -0.829. The van der Waals surface area contributed by atoms with Gasteiger partial charge in [0.2, 0.25) is 10.0 Å². The van der Waals surface area contributed by atoms with Gasteiger partial charge in [0.1, 0.15) is 21.4 Å². The molecule has 0 saturated heterocycles. The fourth-order valence-electron chi connectivity index (χ4n) is 2.64. The van der Waals surface area contributed by atoms with E-state index in [1.165, 1.54) is 20.3 Å². The summed E-state index contributed by atoms with van der Waals surface area (Å²) in [4.78, 5) is 9.75. The van der Waals surface area contributed by atoms with Gasteiger partial charge in [-0.1, -0.05) is 0 Å². The van der Waals surface area contributed by atoms with E-state index in [9.17, 15) is 8.42 Å². The predicted octanol–water partition coefficient (Wildman–Crippen LogP) is 3.05. The van der Waals surface area contributed by atoms with E-state index in [1.807, 2.05) is 19.1 Å². The van der Waals surface area contributed by atoms with Crippen LogP contribution >= 0.6 is 11.3 Å². The van der Waals surface area contributed by atoms with Gasteiger partial charge in [-0.2, -0.15) is 0 Å². The second-order valence-electron chi connectivity index (χ2n) is 5.93. The number of benzene rings is 1. The molecule has 0 amide bonds. The smallest absolute Gasteiger partial charge is 0.244 e. The van der Waals surface area contributed by atoms with E-state index in [0.717, 1.165) is 21.1 Å². The zero-order chi connectivity index (χ0) is 20.1. The first-order valence-electron chi connectivity index (χ1n) is 8.53. The second kappa shape index (κ2) is 8.68. The highest BCUT2D eigenvalue weighted by molar-refractivity contribution is 7.89. The van der Waals surface area contributed by atoms with Crippen LogP contribution in [0.5, 0.6) is 11.5 Å². The maximum absolute atomic E-state index is 12.7. The largest absolute Gasteiger partial charge is 0.497 e. The first kappa shape index (κ1) is 20.2. The van der Waals surface area contributed by atoms with Crippen molar-refractivity contribution >= 4 is 21.4 Å². The second-order valence-corrected chi connectivity index (χ2v) is 8.75. The van der Waals surface area contributed by atoms with Gasteiger partial charge in [-0.25, -0.2) is 18.1 Å². The Labute approximate surface area is 168 Å². The van der Waals surface area contributed by atoms with Crippen molar-refractivity contribution in [1.82, 2.24) is 14.7 Å². The van der Waals surface area contributed by atoms with Crippen molar-refractivity contribution in [3.63, 3.8) is 0 Å². The van der Waals surface area contributed by atoms with Crippen molar-refractivity contribution in [3.05, 3.63) is 53.3 Å². The molecular formula is C19H21N3O4S2. The summed E-state index contributed by atoms with van der Waals surface area (Å²) in [5, 5.41) is 0.873. The standard InChI is InChI=1S/C19H21N3O4S2/c1-13-17(27-19(22-13)14-5-4-9-20-12-14)8-10-21-28(23,24)18-11-15(25-2)6-7-16(18)26-3/h4-7,9,11-12,21H,8,10H2,1-3H3. The van der Waals surface area contributed by atoms with Crippen molar-refractivity contribution in [2.75, 3.05) is 20.8 Å². The molecule has 7 nitrogen and oxygen atoms in total. The molecule has 0 radical (unpaired) electrons. The maximum Gasteiger partial charge on any atom is 0.244 e. The molecule has 0 saturated carbocycles. The number of hydrogen-bond acceptors (Lipinski definition) is 7. The number of aryl methyl sites for hydroxylation is 1. The molecule has 0 aliphatic carbocycles. The zero-order valence-electron chi connectivity index (χ0n) is 15.8. The van der Waals surface area contributed by atoms with E-state index in [4.69, 9.17) is 9.47 Å². The topological polar surface area (TPSA) is 90.4 Å². The van der Waals surface area contributed by atoms with Gasteiger partial charge >= 0.3 is 0 Å². The van der Waals surface area contributed by atoms with E-state index in [2.05, 4.69) is 14.7 Å². The van der Waals surface area contributed by atoms with Crippen LogP contribution in [0.3, 0.4) is 0 Å². The van der Waals surface area contributed by atoms with Crippen LogP contribution in [0.4, 0.5) is 0 Å². The van der Waals surface area contributed by atoms with Crippen molar-refractivity contribution < 1.29 is 17.9 Å². The molecule has 148 valence electrons.